The summed E-state index contributed by atoms with van der Waals surface area (Å²) >= 11 is 3.50. The van der Waals surface area contributed by atoms with Crippen LogP contribution in [0.3, 0.4) is 0 Å². The molecule has 0 atom stereocenters. The van der Waals surface area contributed by atoms with E-state index in [1.165, 1.54) is 0 Å². The van der Waals surface area contributed by atoms with Gasteiger partial charge in [-0.1, -0.05) is 28.1 Å². The van der Waals surface area contributed by atoms with Gasteiger partial charge in [-0.15, -0.1) is 0 Å². The van der Waals surface area contributed by atoms with E-state index < -0.39 is 0 Å². The van der Waals surface area contributed by atoms with Crippen LogP contribution in [0.2, 0.25) is 0 Å². The number of benzene rings is 2. The maximum Gasteiger partial charge on any atom is 0.229 e. The molecule has 0 spiro atoms. The Morgan fingerprint density at radius 1 is 1.00 bits per heavy atom. The normalized spacial score (nSPS) is 11.0. The lowest BCUT2D eigenvalue weighted by molar-refractivity contribution is -0.107. The average molecular weight is 571 g/mol. The molecule has 0 bridgehead atoms. The second-order valence-corrected chi connectivity index (χ2v) is 10.1. The first-order chi connectivity index (χ1) is 18.3. The largest absolute Gasteiger partial charge is 0.362 e. The van der Waals surface area contributed by atoms with Gasteiger partial charge in [-0.05, 0) is 55.8 Å². The van der Waals surface area contributed by atoms with Crippen LogP contribution in [0.25, 0.3) is 22.4 Å². The van der Waals surface area contributed by atoms with Crippen molar-refractivity contribution in [2.45, 2.75) is 20.4 Å². The van der Waals surface area contributed by atoms with E-state index in [4.69, 9.17) is 9.97 Å². The molecule has 0 saturated carbocycles. The van der Waals surface area contributed by atoms with E-state index in [9.17, 15) is 4.79 Å². The lowest BCUT2D eigenvalue weighted by Crippen LogP contribution is -2.24. The summed E-state index contributed by atoms with van der Waals surface area (Å²) in [6.45, 7) is 4.23. The summed E-state index contributed by atoms with van der Waals surface area (Å²) < 4.78 is 0.979. The Balaban J connectivity index is 1.44. The van der Waals surface area contributed by atoms with Crippen molar-refractivity contribution in [3.63, 3.8) is 0 Å². The highest BCUT2D eigenvalue weighted by Crippen LogP contribution is 2.30. The Bertz CT molecular complexity index is 1610. The Kier molecular flexibility index (Phi) is 7.06. The predicted molar refractivity (Wildman–Crippen MR) is 155 cm³/mol. The molecule has 0 radical (unpaired) electrons. The number of nitrogens with zero attached hydrogens (tertiary/aromatic N) is 6. The van der Waals surface area contributed by atoms with Crippen LogP contribution >= 0.6 is 15.9 Å². The second-order valence-electron chi connectivity index (χ2n) is 9.23. The smallest absolute Gasteiger partial charge is 0.229 e. The number of H-pyrrole nitrogens is 1. The minimum atomic E-state index is 0.306. The van der Waals surface area contributed by atoms with Crippen LogP contribution in [0.1, 0.15) is 16.8 Å². The van der Waals surface area contributed by atoms with Crippen molar-refractivity contribution >= 4 is 56.5 Å². The summed E-state index contributed by atoms with van der Waals surface area (Å²) in [5, 5.41) is 3.19. The molecule has 192 valence electrons. The minimum Gasteiger partial charge on any atom is -0.362 e. The number of carbonyl (C=O) groups excluding carboxylic acids is 1. The number of hydrogen-bond acceptors (Lipinski definition) is 7. The monoisotopic (exact) mass is 570 g/mol. The number of anilines is 4. The highest BCUT2D eigenvalue weighted by Gasteiger charge is 2.17. The lowest BCUT2D eigenvalue weighted by atomic mass is 10.1. The van der Waals surface area contributed by atoms with Crippen LogP contribution in [0.4, 0.5) is 23.1 Å². The van der Waals surface area contributed by atoms with Crippen molar-refractivity contribution in [1.82, 2.24) is 24.9 Å². The van der Waals surface area contributed by atoms with Crippen molar-refractivity contribution in [2.24, 2.45) is 0 Å². The highest BCUT2D eigenvalue weighted by molar-refractivity contribution is 9.10. The molecule has 10 heteroatoms. The third-order valence-corrected chi connectivity index (χ3v) is 6.63. The van der Waals surface area contributed by atoms with Gasteiger partial charge in [-0.25, -0.2) is 9.97 Å². The number of aryl methyl sites for hydroxylation is 2. The Morgan fingerprint density at radius 2 is 1.84 bits per heavy atom. The summed E-state index contributed by atoms with van der Waals surface area (Å²) in [4.78, 5) is 37.5. The lowest BCUT2D eigenvalue weighted by Gasteiger charge is -2.23. The standard InChI is InChI=1S/C28H27BrN8O/c1-17-5-7-19(26-33-23-10-8-21(29)12-24(23)34-26)11-25(17)37(16-38)15-20-13-31-28(35-27(20)36(3)4)32-22-9-6-18(2)30-14-22/h5-14,16H,15H2,1-4H3,(H,33,34)(H,31,32,35). The number of fused-ring (bicyclic) bond motifs is 1. The first-order valence-electron chi connectivity index (χ1n) is 12.0. The molecule has 3 heterocycles. The van der Waals surface area contributed by atoms with Crippen LogP contribution < -0.4 is 15.1 Å². The van der Waals surface area contributed by atoms with Gasteiger partial charge < -0.3 is 20.1 Å². The molecule has 38 heavy (non-hydrogen) atoms. The molecule has 5 rings (SSSR count). The fourth-order valence-corrected chi connectivity index (χ4v) is 4.54. The maximum atomic E-state index is 12.3. The van der Waals surface area contributed by atoms with Gasteiger partial charge in [0, 0.05) is 47.3 Å². The molecule has 2 aromatic carbocycles. The molecule has 0 saturated heterocycles. The predicted octanol–water partition coefficient (Wildman–Crippen LogP) is 5.77. The number of imidazole rings is 1. The van der Waals surface area contributed by atoms with Crippen LogP contribution in [0, 0.1) is 13.8 Å². The van der Waals surface area contributed by atoms with E-state index in [0.717, 1.165) is 61.5 Å². The van der Waals surface area contributed by atoms with E-state index in [-0.39, 0.29) is 0 Å². The molecule has 0 aliphatic carbocycles. The van der Waals surface area contributed by atoms with Crippen molar-refractivity contribution in [1.29, 1.82) is 0 Å². The minimum absolute atomic E-state index is 0.306. The molecular weight excluding hydrogens is 544 g/mol. The van der Waals surface area contributed by atoms with Crippen molar-refractivity contribution < 1.29 is 4.79 Å². The molecule has 2 N–H and O–H groups in total. The van der Waals surface area contributed by atoms with Gasteiger partial charge >= 0.3 is 0 Å². The topological polar surface area (TPSA) is 103 Å². The fraction of sp³-hybridized carbons (Fsp3) is 0.179. The average Bonchev–Trinajstić information content (AvgIpc) is 3.33. The Labute approximate surface area is 229 Å². The first kappa shape index (κ1) is 25.3. The molecule has 9 nitrogen and oxygen atoms in total. The molecule has 1 amide bonds. The van der Waals surface area contributed by atoms with Crippen LogP contribution in [0.15, 0.2) is 65.4 Å². The van der Waals surface area contributed by atoms with E-state index in [1.807, 2.05) is 81.4 Å². The third-order valence-electron chi connectivity index (χ3n) is 6.14. The van der Waals surface area contributed by atoms with Crippen LogP contribution in [0.5, 0.6) is 0 Å². The summed E-state index contributed by atoms with van der Waals surface area (Å²) in [6, 6.07) is 15.8. The Hall–Kier alpha value is -4.31. The zero-order chi connectivity index (χ0) is 26.8. The Morgan fingerprint density at radius 3 is 2.58 bits per heavy atom. The van der Waals surface area contributed by atoms with Crippen molar-refractivity contribution in [3.05, 3.63) is 82.2 Å². The molecule has 5 aromatic rings. The van der Waals surface area contributed by atoms with E-state index in [2.05, 4.69) is 36.2 Å². The van der Waals surface area contributed by atoms with E-state index in [0.29, 0.717) is 18.3 Å². The SMILES string of the molecule is Cc1ccc(Nc2ncc(CN(C=O)c3cc(-c4nc5ccc(Br)cc5[nH]4)ccc3C)c(N(C)C)n2)cn1. The number of amides is 1. The number of pyridine rings is 1. The van der Waals surface area contributed by atoms with Gasteiger partial charge in [-0.3, -0.25) is 9.78 Å². The van der Waals surface area contributed by atoms with E-state index >= 15 is 0 Å². The number of aromatic amines is 1. The molecular formula is C28H27BrN8O. The number of carbonyl (C=O) groups is 1. The number of nitrogens with one attached hydrogen (secondary N) is 2. The van der Waals surface area contributed by atoms with Crippen LogP contribution in [-0.4, -0.2) is 45.4 Å². The first-order valence-corrected chi connectivity index (χ1v) is 12.8. The molecule has 0 aliphatic heterocycles. The number of halogens is 1. The fourth-order valence-electron chi connectivity index (χ4n) is 4.18. The number of hydrogen-bond donors (Lipinski definition) is 2. The van der Waals surface area contributed by atoms with Gasteiger partial charge in [0.2, 0.25) is 12.4 Å². The van der Waals surface area contributed by atoms with E-state index in [1.54, 1.807) is 17.3 Å². The quantitative estimate of drug-likeness (QED) is 0.228. The zero-order valence-electron chi connectivity index (χ0n) is 21.5. The zero-order valence-corrected chi connectivity index (χ0v) is 23.1. The highest BCUT2D eigenvalue weighted by atomic mass is 79.9. The molecule has 3 aromatic heterocycles. The van der Waals surface area contributed by atoms with Crippen LogP contribution in [-0.2, 0) is 11.3 Å². The molecule has 0 aliphatic rings. The van der Waals surface area contributed by atoms with Gasteiger partial charge in [-0.2, -0.15) is 4.98 Å². The van der Waals surface area contributed by atoms with Gasteiger partial charge in [0.1, 0.15) is 11.6 Å². The third kappa shape index (κ3) is 5.35. The summed E-state index contributed by atoms with van der Waals surface area (Å²) in [6.07, 6.45) is 4.33. The number of rotatable bonds is 8. The van der Waals surface area contributed by atoms with Crippen molar-refractivity contribution in [2.75, 3.05) is 29.2 Å². The molecule has 0 unspecified atom stereocenters. The van der Waals surface area contributed by atoms with Crippen molar-refractivity contribution in [3.8, 4) is 11.4 Å². The summed E-state index contributed by atoms with van der Waals surface area (Å²) in [5.74, 6) is 1.91. The molecule has 0 fully saturated rings. The number of aromatic nitrogens is 5. The van der Waals surface area contributed by atoms with Gasteiger partial charge in [0.05, 0.1) is 29.5 Å². The second kappa shape index (κ2) is 10.6. The van der Waals surface area contributed by atoms with Gasteiger partial charge in [0.25, 0.3) is 0 Å². The van der Waals surface area contributed by atoms with Gasteiger partial charge in [0.15, 0.2) is 0 Å². The summed E-state index contributed by atoms with van der Waals surface area (Å²) in [5.41, 5.74) is 7.00. The maximum absolute atomic E-state index is 12.3. The summed E-state index contributed by atoms with van der Waals surface area (Å²) in [7, 11) is 3.83.